The smallest absolute Gasteiger partial charge is 0.220 e. The number of benzene rings is 1. The van der Waals surface area contributed by atoms with Crippen LogP contribution < -0.4 is 5.32 Å². The van der Waals surface area contributed by atoms with Gasteiger partial charge in [-0.25, -0.2) is 4.98 Å². The molecule has 0 radical (unpaired) electrons. The average molecular weight is 292 g/mol. The zero-order chi connectivity index (χ0) is 13.1. The Labute approximate surface area is 120 Å². The molecule has 1 saturated heterocycles. The Bertz CT molecular complexity index is 549. The second kappa shape index (κ2) is 5.92. The van der Waals surface area contributed by atoms with Crippen molar-refractivity contribution in [3.63, 3.8) is 0 Å². The fraction of sp³-hybridized carbons (Fsp3) is 0.429. The number of nitrogens with one attached hydrogen (secondary N) is 1. The fourth-order valence-electron chi connectivity index (χ4n) is 2.32. The molecule has 5 heteroatoms. The summed E-state index contributed by atoms with van der Waals surface area (Å²) >= 11 is 3.57. The fourth-order valence-corrected chi connectivity index (χ4v) is 4.56. The first kappa shape index (κ1) is 12.9. The number of thioether (sulfide) groups is 1. The van der Waals surface area contributed by atoms with Crippen LogP contribution in [0.5, 0.6) is 0 Å². The van der Waals surface area contributed by atoms with E-state index in [0.29, 0.717) is 12.3 Å². The first-order chi connectivity index (χ1) is 9.31. The van der Waals surface area contributed by atoms with Crippen molar-refractivity contribution in [1.29, 1.82) is 0 Å². The molecule has 1 amide bonds. The number of carbonyl (C=O) groups excluding carboxylic acids is 1. The molecule has 0 aliphatic carbocycles. The Morgan fingerprint density at radius 2 is 2.32 bits per heavy atom. The molecule has 100 valence electrons. The monoisotopic (exact) mass is 292 g/mol. The number of fused-ring (bicyclic) bond motifs is 1. The third-order valence-corrected chi connectivity index (χ3v) is 5.59. The van der Waals surface area contributed by atoms with Crippen molar-refractivity contribution in [3.05, 3.63) is 24.3 Å². The average Bonchev–Trinajstić information content (AvgIpc) is 2.81. The minimum Gasteiger partial charge on any atom is -0.356 e. The van der Waals surface area contributed by atoms with E-state index in [4.69, 9.17) is 0 Å². The summed E-state index contributed by atoms with van der Waals surface area (Å²) in [6.07, 6.45) is 2.92. The largest absolute Gasteiger partial charge is 0.356 e. The summed E-state index contributed by atoms with van der Waals surface area (Å²) in [6.45, 7) is 0.843. The van der Waals surface area contributed by atoms with Crippen LogP contribution in [0.4, 0.5) is 0 Å². The highest BCUT2D eigenvalue weighted by Crippen LogP contribution is 2.31. The minimum absolute atomic E-state index is 0.209. The van der Waals surface area contributed by atoms with E-state index >= 15 is 0 Å². The van der Waals surface area contributed by atoms with Gasteiger partial charge in [0.05, 0.1) is 10.2 Å². The van der Waals surface area contributed by atoms with Gasteiger partial charge < -0.3 is 5.32 Å². The SMILES string of the molecule is O=C1CC(CCSc2nc3ccccc3s2)CCN1. The summed E-state index contributed by atoms with van der Waals surface area (Å²) in [6, 6.07) is 8.25. The maximum absolute atomic E-state index is 11.3. The number of rotatable bonds is 4. The van der Waals surface area contributed by atoms with Gasteiger partial charge in [0.25, 0.3) is 0 Å². The number of aromatic nitrogens is 1. The molecule has 1 aromatic heterocycles. The summed E-state index contributed by atoms with van der Waals surface area (Å²) in [4.78, 5) is 15.9. The van der Waals surface area contributed by atoms with Crippen molar-refractivity contribution in [2.45, 2.75) is 23.6 Å². The van der Waals surface area contributed by atoms with Gasteiger partial charge in [-0.1, -0.05) is 23.9 Å². The first-order valence-corrected chi connectivity index (χ1v) is 8.36. The van der Waals surface area contributed by atoms with Gasteiger partial charge in [0, 0.05) is 18.7 Å². The van der Waals surface area contributed by atoms with Crippen molar-refractivity contribution in [2.75, 3.05) is 12.3 Å². The van der Waals surface area contributed by atoms with Crippen LogP contribution in [0, 0.1) is 5.92 Å². The lowest BCUT2D eigenvalue weighted by molar-refractivity contribution is -0.123. The van der Waals surface area contributed by atoms with Crippen molar-refractivity contribution in [3.8, 4) is 0 Å². The lowest BCUT2D eigenvalue weighted by Crippen LogP contribution is -2.33. The molecule has 19 heavy (non-hydrogen) atoms. The van der Waals surface area contributed by atoms with Crippen molar-refractivity contribution >= 4 is 39.2 Å². The van der Waals surface area contributed by atoms with Crippen molar-refractivity contribution in [2.24, 2.45) is 5.92 Å². The Morgan fingerprint density at radius 3 is 3.16 bits per heavy atom. The molecule has 1 atom stereocenters. The van der Waals surface area contributed by atoms with Gasteiger partial charge in [-0.3, -0.25) is 4.79 Å². The van der Waals surface area contributed by atoms with Gasteiger partial charge in [-0.2, -0.15) is 0 Å². The third kappa shape index (κ3) is 3.28. The van der Waals surface area contributed by atoms with E-state index < -0.39 is 0 Å². The van der Waals surface area contributed by atoms with Crippen LogP contribution in [-0.2, 0) is 4.79 Å². The Morgan fingerprint density at radius 1 is 1.42 bits per heavy atom. The van der Waals surface area contributed by atoms with E-state index in [9.17, 15) is 4.79 Å². The normalized spacial score (nSPS) is 19.6. The maximum Gasteiger partial charge on any atom is 0.220 e. The number of thiazole rings is 1. The van der Waals surface area contributed by atoms with Crippen LogP contribution in [0.1, 0.15) is 19.3 Å². The molecule has 1 fully saturated rings. The molecule has 0 bridgehead atoms. The molecule has 0 spiro atoms. The molecule has 0 saturated carbocycles. The van der Waals surface area contributed by atoms with Crippen molar-refractivity contribution < 1.29 is 4.79 Å². The van der Waals surface area contributed by atoms with E-state index in [0.717, 1.165) is 35.0 Å². The summed E-state index contributed by atoms with van der Waals surface area (Å²) in [5.74, 6) is 1.81. The highest BCUT2D eigenvalue weighted by atomic mass is 32.2. The minimum atomic E-state index is 0.209. The molecule has 2 heterocycles. The highest BCUT2D eigenvalue weighted by Gasteiger charge is 2.18. The van der Waals surface area contributed by atoms with Crippen molar-refractivity contribution in [1.82, 2.24) is 10.3 Å². The van der Waals surface area contributed by atoms with E-state index in [-0.39, 0.29) is 5.91 Å². The number of piperidine rings is 1. The van der Waals surface area contributed by atoms with Crippen LogP contribution in [0.2, 0.25) is 0 Å². The number of nitrogens with zero attached hydrogens (tertiary/aromatic N) is 1. The second-order valence-corrected chi connectivity index (χ2v) is 7.17. The highest BCUT2D eigenvalue weighted by molar-refractivity contribution is 8.01. The van der Waals surface area contributed by atoms with Crippen LogP contribution in [0.15, 0.2) is 28.6 Å². The topological polar surface area (TPSA) is 42.0 Å². The predicted octanol–water partition coefficient (Wildman–Crippen LogP) is 3.30. The molecule has 1 aromatic carbocycles. The van der Waals surface area contributed by atoms with Crippen LogP contribution in [0.3, 0.4) is 0 Å². The molecule has 1 aliphatic rings. The Hall–Kier alpha value is -1.07. The third-order valence-electron chi connectivity index (χ3n) is 3.37. The quantitative estimate of drug-likeness (QED) is 0.879. The maximum atomic E-state index is 11.3. The van der Waals surface area contributed by atoms with Gasteiger partial charge in [0.2, 0.25) is 5.91 Å². The van der Waals surface area contributed by atoms with E-state index in [1.54, 1.807) is 11.3 Å². The zero-order valence-corrected chi connectivity index (χ0v) is 12.2. The Balaban J connectivity index is 1.53. The number of hydrogen-bond donors (Lipinski definition) is 1. The first-order valence-electron chi connectivity index (χ1n) is 6.56. The second-order valence-electron chi connectivity index (χ2n) is 4.79. The molecule has 2 aromatic rings. The van der Waals surface area contributed by atoms with Gasteiger partial charge in [-0.15, -0.1) is 11.3 Å². The van der Waals surface area contributed by atoms with Gasteiger partial charge in [0.15, 0.2) is 4.34 Å². The Kier molecular flexibility index (Phi) is 4.03. The zero-order valence-electron chi connectivity index (χ0n) is 10.6. The van der Waals surface area contributed by atoms with E-state index in [2.05, 4.69) is 28.5 Å². The summed E-state index contributed by atoms with van der Waals surface area (Å²) in [5.41, 5.74) is 1.09. The van der Waals surface area contributed by atoms with E-state index in [1.807, 2.05) is 17.8 Å². The number of amides is 1. The molecule has 3 rings (SSSR count). The van der Waals surface area contributed by atoms with E-state index in [1.165, 1.54) is 4.70 Å². The molecular formula is C14H16N2OS2. The standard InChI is InChI=1S/C14H16N2OS2/c17-13-9-10(5-7-15-13)6-8-18-14-16-11-3-1-2-4-12(11)19-14/h1-4,10H,5-9H2,(H,15,17). The lowest BCUT2D eigenvalue weighted by atomic mass is 9.95. The predicted molar refractivity (Wildman–Crippen MR) is 80.7 cm³/mol. The lowest BCUT2D eigenvalue weighted by Gasteiger charge is -2.21. The van der Waals surface area contributed by atoms with Gasteiger partial charge in [0.1, 0.15) is 0 Å². The summed E-state index contributed by atoms with van der Waals surface area (Å²) in [5, 5.41) is 2.88. The molecule has 1 unspecified atom stereocenters. The molecular weight excluding hydrogens is 276 g/mol. The molecule has 3 nitrogen and oxygen atoms in total. The number of carbonyl (C=O) groups is 1. The molecule has 1 N–H and O–H groups in total. The number of hydrogen-bond acceptors (Lipinski definition) is 4. The van der Waals surface area contributed by atoms with Gasteiger partial charge in [-0.05, 0) is 30.9 Å². The molecule has 1 aliphatic heterocycles. The number of para-hydroxylation sites is 1. The summed E-state index contributed by atoms with van der Waals surface area (Å²) in [7, 11) is 0. The summed E-state index contributed by atoms with van der Waals surface area (Å²) < 4.78 is 2.39. The van der Waals surface area contributed by atoms with Crippen LogP contribution in [-0.4, -0.2) is 23.2 Å². The van der Waals surface area contributed by atoms with Crippen LogP contribution >= 0.6 is 23.1 Å². The van der Waals surface area contributed by atoms with Gasteiger partial charge >= 0.3 is 0 Å². The van der Waals surface area contributed by atoms with Crippen LogP contribution in [0.25, 0.3) is 10.2 Å².